The van der Waals surface area contributed by atoms with E-state index in [-0.39, 0.29) is 0 Å². The van der Waals surface area contributed by atoms with Gasteiger partial charge in [0, 0.05) is 24.4 Å². The second-order valence-corrected chi connectivity index (χ2v) is 4.82. The second kappa shape index (κ2) is 4.89. The summed E-state index contributed by atoms with van der Waals surface area (Å²) in [6.45, 7) is 3.55. The minimum absolute atomic E-state index is 0.307. The van der Waals surface area contributed by atoms with Crippen LogP contribution in [0.15, 0.2) is 22.9 Å². The minimum atomic E-state index is 0.307. The average molecular weight is 247 g/mol. The summed E-state index contributed by atoms with van der Waals surface area (Å²) in [5, 5.41) is 15.6. The zero-order chi connectivity index (χ0) is 12.4. The van der Waals surface area contributed by atoms with Crippen molar-refractivity contribution in [3.63, 3.8) is 0 Å². The standard InChI is InChI=1S/C12H17N5O/c1-9(8-17-6-2-5-14-17)13-7-11-15-16-12(18-11)10-3-4-10/h2,5-6,9-10,13H,3-4,7-8H2,1H3/t9-/m1/s1. The minimum Gasteiger partial charge on any atom is -0.424 e. The van der Waals surface area contributed by atoms with E-state index in [0.717, 1.165) is 12.4 Å². The SMILES string of the molecule is C[C@H](Cn1cccn1)NCc1nnc(C2CC2)o1. The fraction of sp³-hybridized carbons (Fsp3) is 0.583. The van der Waals surface area contributed by atoms with E-state index in [1.807, 2.05) is 16.9 Å². The lowest BCUT2D eigenvalue weighted by molar-refractivity contribution is 0.394. The van der Waals surface area contributed by atoms with Crippen LogP contribution in [0.4, 0.5) is 0 Å². The van der Waals surface area contributed by atoms with Gasteiger partial charge in [-0.05, 0) is 25.8 Å². The Morgan fingerprint density at radius 2 is 2.39 bits per heavy atom. The zero-order valence-corrected chi connectivity index (χ0v) is 10.4. The highest BCUT2D eigenvalue weighted by molar-refractivity contribution is 5.00. The predicted octanol–water partition coefficient (Wildman–Crippen LogP) is 1.32. The van der Waals surface area contributed by atoms with Crippen molar-refractivity contribution in [3.05, 3.63) is 30.2 Å². The van der Waals surface area contributed by atoms with E-state index in [1.54, 1.807) is 6.20 Å². The molecule has 2 aromatic heterocycles. The molecule has 0 amide bonds. The van der Waals surface area contributed by atoms with Crippen LogP contribution in [0.5, 0.6) is 0 Å². The Morgan fingerprint density at radius 3 is 3.11 bits per heavy atom. The first-order valence-corrected chi connectivity index (χ1v) is 6.34. The Morgan fingerprint density at radius 1 is 1.50 bits per heavy atom. The van der Waals surface area contributed by atoms with Gasteiger partial charge < -0.3 is 9.73 Å². The fourth-order valence-corrected chi connectivity index (χ4v) is 1.85. The van der Waals surface area contributed by atoms with Crippen LogP contribution in [0.1, 0.15) is 37.5 Å². The summed E-state index contributed by atoms with van der Waals surface area (Å²) in [6, 6.07) is 2.23. The molecule has 0 aliphatic heterocycles. The number of aromatic nitrogens is 4. The van der Waals surface area contributed by atoms with Crippen LogP contribution in [0, 0.1) is 0 Å². The van der Waals surface area contributed by atoms with Crippen LogP contribution < -0.4 is 5.32 Å². The molecule has 1 atom stereocenters. The third kappa shape index (κ3) is 2.76. The van der Waals surface area contributed by atoms with Crippen molar-refractivity contribution in [2.75, 3.05) is 0 Å². The van der Waals surface area contributed by atoms with E-state index >= 15 is 0 Å². The normalized spacial score (nSPS) is 16.9. The molecule has 0 spiro atoms. The molecule has 2 heterocycles. The lowest BCUT2D eigenvalue weighted by Crippen LogP contribution is -2.30. The first-order chi connectivity index (χ1) is 8.81. The summed E-state index contributed by atoms with van der Waals surface area (Å²) in [6.07, 6.45) is 6.11. The maximum absolute atomic E-state index is 5.59. The highest BCUT2D eigenvalue weighted by Gasteiger charge is 2.29. The Kier molecular flexibility index (Phi) is 3.10. The highest BCUT2D eigenvalue weighted by Crippen LogP contribution is 2.38. The van der Waals surface area contributed by atoms with Crippen molar-refractivity contribution in [1.29, 1.82) is 0 Å². The van der Waals surface area contributed by atoms with Crippen LogP contribution in [0.25, 0.3) is 0 Å². The van der Waals surface area contributed by atoms with Crippen molar-refractivity contribution in [1.82, 2.24) is 25.3 Å². The zero-order valence-electron chi connectivity index (χ0n) is 10.4. The van der Waals surface area contributed by atoms with Gasteiger partial charge in [-0.25, -0.2) is 0 Å². The summed E-state index contributed by atoms with van der Waals surface area (Å²) in [5.74, 6) is 1.99. The summed E-state index contributed by atoms with van der Waals surface area (Å²) < 4.78 is 7.49. The lowest BCUT2D eigenvalue weighted by atomic mass is 10.3. The van der Waals surface area contributed by atoms with Crippen molar-refractivity contribution < 1.29 is 4.42 Å². The second-order valence-electron chi connectivity index (χ2n) is 4.82. The van der Waals surface area contributed by atoms with Gasteiger partial charge >= 0.3 is 0 Å². The largest absolute Gasteiger partial charge is 0.424 e. The summed E-state index contributed by atoms with van der Waals surface area (Å²) >= 11 is 0. The van der Waals surface area contributed by atoms with Crippen molar-refractivity contribution in [2.24, 2.45) is 0 Å². The van der Waals surface area contributed by atoms with Crippen molar-refractivity contribution in [3.8, 4) is 0 Å². The Bertz CT molecular complexity index is 488. The van der Waals surface area contributed by atoms with Gasteiger partial charge in [-0.15, -0.1) is 10.2 Å². The molecule has 0 bridgehead atoms. The molecule has 3 rings (SSSR count). The maximum atomic E-state index is 5.59. The van der Waals surface area contributed by atoms with Crippen LogP contribution in [0.3, 0.4) is 0 Å². The van der Waals surface area contributed by atoms with Crippen LogP contribution in [-0.4, -0.2) is 26.0 Å². The van der Waals surface area contributed by atoms with Crippen LogP contribution >= 0.6 is 0 Å². The quantitative estimate of drug-likeness (QED) is 0.833. The van der Waals surface area contributed by atoms with Crippen molar-refractivity contribution >= 4 is 0 Å². The first kappa shape index (κ1) is 11.4. The van der Waals surface area contributed by atoms with E-state index in [2.05, 4.69) is 27.5 Å². The van der Waals surface area contributed by atoms with E-state index < -0.39 is 0 Å². The average Bonchev–Trinajstić information content (AvgIpc) is 2.90. The molecule has 1 saturated carbocycles. The third-order valence-electron chi connectivity index (χ3n) is 3.03. The van der Waals surface area contributed by atoms with Gasteiger partial charge in [0.2, 0.25) is 11.8 Å². The van der Waals surface area contributed by atoms with Crippen LogP contribution in [-0.2, 0) is 13.1 Å². The molecule has 6 heteroatoms. The number of rotatable bonds is 6. The van der Waals surface area contributed by atoms with Crippen molar-refractivity contribution in [2.45, 2.75) is 44.8 Å². The van der Waals surface area contributed by atoms with Gasteiger partial charge in [0.15, 0.2) is 0 Å². The molecule has 1 aliphatic carbocycles. The van der Waals surface area contributed by atoms with E-state index in [9.17, 15) is 0 Å². The molecule has 0 aromatic carbocycles. The van der Waals surface area contributed by atoms with Gasteiger partial charge in [-0.1, -0.05) is 0 Å². The van der Waals surface area contributed by atoms with Gasteiger partial charge in [0.25, 0.3) is 0 Å². The molecule has 1 aliphatic rings. The molecule has 18 heavy (non-hydrogen) atoms. The first-order valence-electron chi connectivity index (χ1n) is 6.34. The molecular weight excluding hydrogens is 230 g/mol. The highest BCUT2D eigenvalue weighted by atomic mass is 16.4. The molecule has 0 radical (unpaired) electrons. The monoisotopic (exact) mass is 247 g/mol. The fourth-order valence-electron chi connectivity index (χ4n) is 1.85. The number of nitrogens with one attached hydrogen (secondary N) is 1. The molecule has 1 fully saturated rings. The molecule has 1 N–H and O–H groups in total. The molecule has 2 aromatic rings. The third-order valence-corrected chi connectivity index (χ3v) is 3.03. The molecule has 96 valence electrons. The smallest absolute Gasteiger partial charge is 0.230 e. The van der Waals surface area contributed by atoms with Gasteiger partial charge in [-0.3, -0.25) is 4.68 Å². The van der Waals surface area contributed by atoms with Gasteiger partial charge in [-0.2, -0.15) is 5.10 Å². The predicted molar refractivity (Wildman–Crippen MR) is 64.8 cm³/mol. The molecule has 0 unspecified atom stereocenters. The lowest BCUT2D eigenvalue weighted by Gasteiger charge is -2.11. The number of nitrogens with zero attached hydrogens (tertiary/aromatic N) is 4. The summed E-state index contributed by atoms with van der Waals surface area (Å²) in [4.78, 5) is 0. The molecular formula is C12H17N5O. The Labute approximate surface area is 105 Å². The number of hydrogen-bond donors (Lipinski definition) is 1. The van der Waals surface area contributed by atoms with E-state index in [0.29, 0.717) is 24.4 Å². The topological polar surface area (TPSA) is 68.8 Å². The molecule has 0 saturated heterocycles. The summed E-state index contributed by atoms with van der Waals surface area (Å²) in [7, 11) is 0. The van der Waals surface area contributed by atoms with Gasteiger partial charge in [0.1, 0.15) is 0 Å². The molecule has 6 nitrogen and oxygen atoms in total. The Hall–Kier alpha value is -1.69. The number of hydrogen-bond acceptors (Lipinski definition) is 5. The Balaban J connectivity index is 1.47. The summed E-state index contributed by atoms with van der Waals surface area (Å²) in [5.41, 5.74) is 0. The van der Waals surface area contributed by atoms with Gasteiger partial charge in [0.05, 0.1) is 13.1 Å². The van der Waals surface area contributed by atoms with E-state index in [1.165, 1.54) is 12.8 Å². The van der Waals surface area contributed by atoms with Crippen LogP contribution in [0.2, 0.25) is 0 Å². The maximum Gasteiger partial charge on any atom is 0.230 e. The van der Waals surface area contributed by atoms with E-state index in [4.69, 9.17) is 4.42 Å².